The Hall–Kier alpha value is -2.77. The lowest BCUT2D eigenvalue weighted by Gasteiger charge is -2.56. The number of aryl methyl sites for hydroxylation is 3. The molecule has 8 heteroatoms. The minimum Gasteiger partial charge on any atom is -0.345 e. The number of imidazole rings is 1. The quantitative estimate of drug-likeness (QED) is 0.697. The Morgan fingerprint density at radius 1 is 1.00 bits per heavy atom. The van der Waals surface area contributed by atoms with Gasteiger partial charge >= 0.3 is 0 Å². The van der Waals surface area contributed by atoms with Crippen molar-refractivity contribution in [3.8, 4) is 0 Å². The molecule has 0 aromatic carbocycles. The molecule has 3 aromatic rings. The third-order valence-corrected chi connectivity index (χ3v) is 5.17. The summed E-state index contributed by atoms with van der Waals surface area (Å²) in [6, 6.07) is 2.85. The summed E-state index contributed by atoms with van der Waals surface area (Å²) in [6.07, 6.45) is 4.62. The first-order chi connectivity index (χ1) is 12.1. The highest BCUT2D eigenvalue weighted by Crippen LogP contribution is 2.39. The summed E-state index contributed by atoms with van der Waals surface area (Å²) < 4.78 is 1.94. The van der Waals surface area contributed by atoms with Gasteiger partial charge in [-0.3, -0.25) is 0 Å². The van der Waals surface area contributed by atoms with Gasteiger partial charge in [0.15, 0.2) is 17.0 Å². The summed E-state index contributed by atoms with van der Waals surface area (Å²) in [6.45, 7) is 5.87. The second-order valence-electron chi connectivity index (χ2n) is 7.03. The van der Waals surface area contributed by atoms with Gasteiger partial charge in [0, 0.05) is 31.5 Å². The van der Waals surface area contributed by atoms with Crippen LogP contribution in [0.5, 0.6) is 0 Å². The maximum atomic E-state index is 4.62. The zero-order valence-corrected chi connectivity index (χ0v) is 14.6. The van der Waals surface area contributed by atoms with Gasteiger partial charge in [0.1, 0.15) is 6.33 Å². The maximum Gasteiger partial charge on any atom is 0.225 e. The summed E-state index contributed by atoms with van der Waals surface area (Å²) >= 11 is 0. The van der Waals surface area contributed by atoms with Gasteiger partial charge < -0.3 is 14.4 Å². The molecule has 128 valence electrons. The topological polar surface area (TPSA) is 75.9 Å². The van der Waals surface area contributed by atoms with E-state index in [1.54, 1.807) is 12.7 Å². The zero-order valence-electron chi connectivity index (χ0n) is 14.6. The highest BCUT2D eigenvalue weighted by molar-refractivity contribution is 5.84. The molecule has 6 heterocycles. The smallest absolute Gasteiger partial charge is 0.225 e. The van der Waals surface area contributed by atoms with Gasteiger partial charge in [0.25, 0.3) is 0 Å². The van der Waals surface area contributed by atoms with E-state index in [1.165, 1.54) is 6.42 Å². The van der Waals surface area contributed by atoms with E-state index in [0.717, 1.165) is 47.4 Å². The number of piperazine rings is 1. The molecule has 3 fully saturated rings. The van der Waals surface area contributed by atoms with Crippen molar-refractivity contribution in [2.75, 3.05) is 22.9 Å². The maximum absolute atomic E-state index is 4.62. The van der Waals surface area contributed by atoms with Crippen LogP contribution in [0.3, 0.4) is 0 Å². The van der Waals surface area contributed by atoms with Gasteiger partial charge in [0.2, 0.25) is 5.95 Å². The van der Waals surface area contributed by atoms with Crippen LogP contribution < -0.4 is 9.80 Å². The number of nitrogens with zero attached hydrogens (tertiary/aromatic N) is 8. The second-order valence-corrected chi connectivity index (χ2v) is 7.03. The largest absolute Gasteiger partial charge is 0.345 e. The molecule has 0 amide bonds. The Bertz CT molecular complexity index is 932. The summed E-state index contributed by atoms with van der Waals surface area (Å²) in [5, 5.41) is 0. The normalized spacial score (nSPS) is 22.4. The summed E-state index contributed by atoms with van der Waals surface area (Å²) in [5.41, 5.74) is 3.80. The van der Waals surface area contributed by atoms with E-state index in [9.17, 15) is 0 Å². The van der Waals surface area contributed by atoms with Gasteiger partial charge in [-0.05, 0) is 26.3 Å². The Balaban J connectivity index is 1.45. The first-order valence-corrected chi connectivity index (χ1v) is 8.58. The monoisotopic (exact) mass is 336 g/mol. The van der Waals surface area contributed by atoms with E-state index < -0.39 is 0 Å². The number of aromatic nitrogens is 6. The Kier molecular flexibility index (Phi) is 2.98. The van der Waals surface area contributed by atoms with Crippen LogP contribution >= 0.6 is 0 Å². The van der Waals surface area contributed by atoms with E-state index in [4.69, 9.17) is 0 Å². The van der Waals surface area contributed by atoms with Crippen molar-refractivity contribution in [3.63, 3.8) is 0 Å². The number of anilines is 2. The van der Waals surface area contributed by atoms with Crippen LogP contribution in [0.2, 0.25) is 0 Å². The standard InChI is InChI=1S/C17H20N8/c1-10-4-11(2)22-17(21-10)24-6-12-5-13(7-24)25(12)16-14-15(18-8-19-16)23(3)9-20-14/h4,8-9,12-13H,5-7H2,1-3H3. The molecule has 3 aliphatic heterocycles. The molecule has 6 rings (SSSR count). The van der Waals surface area contributed by atoms with Gasteiger partial charge in [-0.2, -0.15) is 0 Å². The van der Waals surface area contributed by atoms with E-state index in [1.807, 2.05) is 31.5 Å². The van der Waals surface area contributed by atoms with Crippen molar-refractivity contribution in [2.45, 2.75) is 32.4 Å². The second kappa shape index (κ2) is 5.11. The molecular formula is C17H20N8. The lowest BCUT2D eigenvalue weighted by atomic mass is 9.87. The third kappa shape index (κ3) is 2.16. The van der Waals surface area contributed by atoms with Crippen molar-refractivity contribution in [3.05, 3.63) is 30.1 Å². The van der Waals surface area contributed by atoms with E-state index in [0.29, 0.717) is 12.1 Å². The van der Waals surface area contributed by atoms with Crippen LogP contribution in [-0.2, 0) is 7.05 Å². The van der Waals surface area contributed by atoms with Gasteiger partial charge in [-0.25, -0.2) is 24.9 Å². The van der Waals surface area contributed by atoms with Gasteiger partial charge in [0.05, 0.1) is 18.4 Å². The Labute approximate surface area is 145 Å². The highest BCUT2D eigenvalue weighted by atomic mass is 15.4. The van der Waals surface area contributed by atoms with Crippen LogP contribution in [0.15, 0.2) is 18.7 Å². The molecule has 0 radical (unpaired) electrons. The minimum atomic E-state index is 0.420. The third-order valence-electron chi connectivity index (χ3n) is 5.17. The van der Waals surface area contributed by atoms with Crippen molar-refractivity contribution in [2.24, 2.45) is 7.05 Å². The SMILES string of the molecule is Cc1cc(C)nc(N2CC3CC(C2)N3c2ncnc3c2ncn3C)n1. The van der Waals surface area contributed by atoms with Crippen LogP contribution in [0.4, 0.5) is 11.8 Å². The predicted octanol–water partition coefficient (Wildman–Crippen LogP) is 1.24. The van der Waals surface area contributed by atoms with Gasteiger partial charge in [-0.1, -0.05) is 0 Å². The van der Waals surface area contributed by atoms with Crippen molar-refractivity contribution in [1.29, 1.82) is 0 Å². The van der Waals surface area contributed by atoms with Crippen molar-refractivity contribution >= 4 is 22.9 Å². The lowest BCUT2D eigenvalue weighted by molar-refractivity contribution is 0.287. The summed E-state index contributed by atoms with van der Waals surface area (Å²) in [4.78, 5) is 27.3. The highest BCUT2D eigenvalue weighted by Gasteiger charge is 2.46. The first-order valence-electron chi connectivity index (χ1n) is 8.58. The lowest BCUT2D eigenvalue weighted by Crippen LogP contribution is -2.69. The number of hydrogen-bond donors (Lipinski definition) is 0. The fourth-order valence-corrected chi connectivity index (χ4v) is 4.09. The number of fused-ring (bicyclic) bond motifs is 3. The zero-order chi connectivity index (χ0) is 17.1. The minimum absolute atomic E-state index is 0.420. The molecule has 3 saturated heterocycles. The molecule has 25 heavy (non-hydrogen) atoms. The molecule has 3 aliphatic rings. The fourth-order valence-electron chi connectivity index (χ4n) is 4.09. The number of piperidine rings is 1. The molecule has 0 aliphatic carbocycles. The van der Waals surface area contributed by atoms with Crippen LogP contribution in [-0.4, -0.2) is 54.7 Å². The molecule has 0 saturated carbocycles. The molecule has 8 nitrogen and oxygen atoms in total. The molecule has 0 spiro atoms. The average molecular weight is 336 g/mol. The number of hydrogen-bond acceptors (Lipinski definition) is 7. The molecular weight excluding hydrogens is 316 g/mol. The van der Waals surface area contributed by atoms with E-state index in [-0.39, 0.29) is 0 Å². The molecule has 2 atom stereocenters. The van der Waals surface area contributed by atoms with Crippen molar-refractivity contribution < 1.29 is 0 Å². The Morgan fingerprint density at radius 2 is 1.72 bits per heavy atom. The van der Waals surface area contributed by atoms with E-state index >= 15 is 0 Å². The fraction of sp³-hybridized carbons (Fsp3) is 0.471. The van der Waals surface area contributed by atoms with Crippen LogP contribution in [0.25, 0.3) is 11.2 Å². The average Bonchev–Trinajstić information content (AvgIpc) is 2.96. The molecule has 2 unspecified atom stereocenters. The first kappa shape index (κ1) is 14.6. The summed E-state index contributed by atoms with van der Waals surface area (Å²) in [5.74, 6) is 1.80. The van der Waals surface area contributed by atoms with Crippen LogP contribution in [0.1, 0.15) is 17.8 Å². The van der Waals surface area contributed by atoms with Crippen molar-refractivity contribution in [1.82, 2.24) is 29.5 Å². The van der Waals surface area contributed by atoms with Gasteiger partial charge in [-0.15, -0.1) is 0 Å². The predicted molar refractivity (Wildman–Crippen MR) is 94.7 cm³/mol. The molecule has 0 N–H and O–H groups in total. The van der Waals surface area contributed by atoms with E-state index in [2.05, 4.69) is 34.7 Å². The molecule has 2 bridgehead atoms. The molecule has 3 aromatic heterocycles. The Morgan fingerprint density at radius 3 is 2.44 bits per heavy atom. The summed E-state index contributed by atoms with van der Waals surface area (Å²) in [7, 11) is 1.96. The van der Waals surface area contributed by atoms with Crippen LogP contribution in [0, 0.1) is 13.8 Å². The number of rotatable bonds is 2.